The van der Waals surface area contributed by atoms with Gasteiger partial charge in [0.05, 0.1) is 78.2 Å². The number of fused-ring (bicyclic) bond motifs is 2. The van der Waals surface area contributed by atoms with Crippen LogP contribution in [0.25, 0.3) is 44.2 Å². The summed E-state index contributed by atoms with van der Waals surface area (Å²) in [6, 6.07) is 59.5. The molecule has 0 atom stereocenters. The molecule has 1 aliphatic heterocycles. The van der Waals surface area contributed by atoms with Gasteiger partial charge in [0.1, 0.15) is 22.2 Å². The van der Waals surface area contributed by atoms with Crippen LogP contribution in [0.3, 0.4) is 0 Å². The van der Waals surface area contributed by atoms with E-state index >= 15 is 0 Å². The van der Waals surface area contributed by atoms with Crippen molar-refractivity contribution < 1.29 is 92.5 Å². The predicted molar refractivity (Wildman–Crippen MR) is 480 cm³/mol. The van der Waals surface area contributed by atoms with E-state index < -0.39 is 55.0 Å². The number of carboxylic acid groups (broad SMARTS) is 1. The minimum absolute atomic E-state index is 0. The average molecular weight is 1780 g/mol. The minimum Gasteiger partial charge on any atom is -0.550 e. The van der Waals surface area contributed by atoms with E-state index in [9.17, 15) is 19.2 Å². The number of hydrogen-bond acceptors (Lipinski definition) is 21. The predicted octanol–water partition coefficient (Wildman–Crippen LogP) is 15.6. The molecule has 11 aromatic rings. The van der Waals surface area contributed by atoms with Gasteiger partial charge in [0.2, 0.25) is 0 Å². The Hall–Kier alpha value is -8.77. The smallest absolute Gasteiger partial charge is 0.550 e. The molecule has 621 valence electrons. The number of nitrogens with one attached hydrogen (secondary N) is 3. The molecule has 5 aromatic heterocycles. The van der Waals surface area contributed by atoms with Crippen molar-refractivity contribution in [2.24, 2.45) is 0 Å². The molecule has 0 amide bonds. The van der Waals surface area contributed by atoms with E-state index in [1.54, 1.807) is 12.3 Å². The number of aromatic amines is 1. The molecule has 7 N–H and O–H groups in total. The van der Waals surface area contributed by atoms with Gasteiger partial charge in [-0.25, -0.2) is 34.1 Å². The molecule has 31 heteroatoms. The quantitative estimate of drug-likeness (QED) is 0.0131. The topological polar surface area (TPSA) is 330 Å². The van der Waals surface area contributed by atoms with Crippen LogP contribution >= 0.6 is 55.1 Å². The summed E-state index contributed by atoms with van der Waals surface area (Å²) in [5.74, 6) is -2.36. The van der Waals surface area contributed by atoms with Gasteiger partial charge in [-0.1, -0.05) is 192 Å². The molecule has 3 radical (unpaired) electrons. The second kappa shape index (κ2) is 55.8. The van der Waals surface area contributed by atoms with Crippen molar-refractivity contribution in [1.82, 2.24) is 34.9 Å². The number of halogens is 4. The monoisotopic (exact) mass is 1780 g/mol. The molecule has 0 spiro atoms. The number of carbonyl (C=O) groups is 5. The molecule has 1 fully saturated rings. The zero-order valence-electron chi connectivity index (χ0n) is 66.1. The maximum Gasteiger partial charge on any atom is 1.00 e. The summed E-state index contributed by atoms with van der Waals surface area (Å²) in [7, 11) is -1.62. The molecular weight excluding hydrogens is 1670 g/mol. The Morgan fingerprint density at radius 3 is 1.54 bits per heavy atom. The summed E-state index contributed by atoms with van der Waals surface area (Å²) in [6.45, 7) is 23.9. The molecule has 6 aromatic carbocycles. The largest absolute Gasteiger partial charge is 1.00 e. The fourth-order valence-corrected chi connectivity index (χ4v) is 11.0. The van der Waals surface area contributed by atoms with Gasteiger partial charge in [-0.3, -0.25) is 10.1 Å². The SMILES string of the molecule is C.C.C.C.CB(O)O.CC(=O)OOC(C)=O.CC(=O)[O-].Cc1[nH]nc2ccc(-c3cc(NCCCc4ccccc4)cnc3-c3ccccc3)cc12.Cc1nn(C(=O)OC(C)(C)C)c2ccc(B3OC(C)(C)C(C)(C)O3)cc12.Clc1ncc(NCCCc2ccccc2)cc1Br.Nc1cnc(Cl)c(Br)c1.O=CCCc1ccccc1.[B].[Na+]. The third-order valence-electron chi connectivity index (χ3n) is 15.9. The normalized spacial score (nSPS) is 11.4. The Kier molecular flexibility index (Phi) is 52.6. The van der Waals surface area contributed by atoms with E-state index in [1.165, 1.54) is 34.4 Å². The molecule has 6 heterocycles. The molecule has 1 saturated heterocycles. The molecule has 23 nitrogen and oxygen atoms in total. The second-order valence-corrected chi connectivity index (χ2v) is 29.4. The third kappa shape index (κ3) is 40.0. The maximum atomic E-state index is 12.4. The fourth-order valence-electron chi connectivity index (χ4n) is 10.1. The summed E-state index contributed by atoms with van der Waals surface area (Å²) in [4.78, 5) is 71.3. The third-order valence-corrected chi connectivity index (χ3v) is 18.2. The maximum absolute atomic E-state index is 12.4. The number of H-pyrrole nitrogens is 1. The molecule has 0 unspecified atom stereocenters. The van der Waals surface area contributed by atoms with Crippen LogP contribution in [-0.4, -0.2) is 128 Å². The number of nitrogen functional groups attached to an aromatic ring is 1. The van der Waals surface area contributed by atoms with Crippen molar-refractivity contribution >= 4 is 152 Å². The average Bonchev–Trinajstić information content (AvgIpc) is 1.62. The summed E-state index contributed by atoms with van der Waals surface area (Å²) >= 11 is 17.9. The first-order valence-electron chi connectivity index (χ1n) is 35.5. The number of aliphatic carboxylic acids is 1. The van der Waals surface area contributed by atoms with Crippen LogP contribution in [0.4, 0.5) is 21.9 Å². The molecule has 0 aliphatic carbocycles. The van der Waals surface area contributed by atoms with Crippen molar-refractivity contribution in [3.05, 3.63) is 242 Å². The molecule has 0 bridgehead atoms. The number of aromatic nitrogens is 7. The van der Waals surface area contributed by atoms with Crippen LogP contribution in [0.2, 0.25) is 17.1 Å². The number of anilines is 3. The zero-order chi connectivity index (χ0) is 81.8. The van der Waals surface area contributed by atoms with E-state index in [0.29, 0.717) is 27.9 Å². The van der Waals surface area contributed by atoms with Crippen LogP contribution in [0, 0.1) is 13.8 Å². The fraction of sp³-hybridized carbons (Fsp3) is 0.326. The van der Waals surface area contributed by atoms with Gasteiger partial charge in [0, 0.05) is 75.3 Å². The number of hydrogen-bond donors (Lipinski definition) is 6. The van der Waals surface area contributed by atoms with E-state index in [0.717, 1.165) is 148 Å². The van der Waals surface area contributed by atoms with Crippen molar-refractivity contribution in [3.8, 4) is 22.4 Å². The minimum atomic E-state index is -1.17. The number of carboxylic acids is 1. The summed E-state index contributed by atoms with van der Waals surface area (Å²) in [5.41, 5.74) is 19.4. The van der Waals surface area contributed by atoms with Gasteiger partial charge in [-0.05, 0) is 204 Å². The van der Waals surface area contributed by atoms with Gasteiger partial charge >= 0.3 is 61.8 Å². The molecule has 12 rings (SSSR count). The summed E-state index contributed by atoms with van der Waals surface area (Å²) in [5, 5.41) is 45.8. The Morgan fingerprint density at radius 2 is 1.09 bits per heavy atom. The van der Waals surface area contributed by atoms with Crippen LogP contribution < -0.4 is 56.5 Å². The number of ether oxygens (including phenoxy) is 1. The van der Waals surface area contributed by atoms with Gasteiger partial charge in [-0.2, -0.15) is 14.9 Å². The van der Waals surface area contributed by atoms with Gasteiger partial charge in [0.25, 0.3) is 0 Å². The number of aldehydes is 1. The number of pyridine rings is 3. The number of rotatable bonds is 16. The number of nitrogens with two attached hydrogens (primary N) is 1. The number of aryl methyl sites for hydroxylation is 5. The standard InChI is InChI=1S/C28H26N4.C19H27BN2O4.C14H14BrClN2.C9H10O.C5H4BrClN2.C4H6O4.C2H4O2.CH5BO2.4CH4.B.Na/c1-20-25-17-23(14-15-27(25)32-31-20)26-18-24(19-30-28(26)22-12-6-3-7-13-22)29-16-8-11-21-9-4-2-5-10-21;1-12-14-11-13(20-25-18(5,6)19(7,8)26-20)9-10-15(14)22(21-12)16(23)24-17(2,3)4;15-13-9-12(10-18-14(13)16)17-8-4-7-11-5-2-1-3-6-11;10-8-4-7-9-5-2-1-3-6-9;6-4-1-3(8)2-9-5(4)7;1-3(5)7-8-4(2)6;2*1-2(3)4;;;;;;/h2-7,9-10,12-15,17-19,29H,8,11,16H2,1H3,(H,31,32);9-11H,1-8H3;1-3,5-6,9-10,17H,4,7-8H2;1-3,5-6,8H,4,7H2;1-2H,8H2;1-2H3;1H3,(H,3,4);3-4H,1H3;4*1H4;;/q;;;;;;;;;;;;;+1/p-1. The summed E-state index contributed by atoms with van der Waals surface area (Å²) < 4.78 is 20.5. The number of carbonyl (C=O) groups excluding carboxylic acids is 5. The van der Waals surface area contributed by atoms with E-state index in [2.05, 4.69) is 188 Å². The van der Waals surface area contributed by atoms with E-state index in [4.69, 9.17) is 67.9 Å². The van der Waals surface area contributed by atoms with Crippen molar-refractivity contribution in [2.75, 3.05) is 29.5 Å². The van der Waals surface area contributed by atoms with Crippen LogP contribution in [-0.2, 0) is 62.3 Å². The van der Waals surface area contributed by atoms with Gasteiger partial charge < -0.3 is 55.2 Å². The molecule has 1 aliphatic rings. The second-order valence-electron chi connectivity index (χ2n) is 26.9. The van der Waals surface area contributed by atoms with Crippen LogP contribution in [0.15, 0.2) is 203 Å². The van der Waals surface area contributed by atoms with E-state index in [1.807, 2.05) is 128 Å². The van der Waals surface area contributed by atoms with Crippen molar-refractivity contribution in [3.63, 3.8) is 0 Å². The zero-order valence-corrected chi connectivity index (χ0v) is 72.8. The molecule has 117 heavy (non-hydrogen) atoms. The van der Waals surface area contributed by atoms with Crippen LogP contribution in [0.1, 0.15) is 146 Å². The Labute approximate surface area is 742 Å². The molecular formula is C86H111B3Br2Cl2N10NaO13. The van der Waals surface area contributed by atoms with E-state index in [-0.39, 0.29) is 67.7 Å². The Morgan fingerprint density at radius 1 is 0.650 bits per heavy atom. The van der Waals surface area contributed by atoms with Crippen molar-refractivity contribution in [2.45, 2.75) is 175 Å². The number of benzene rings is 6. The first-order chi connectivity index (χ1) is 52.6. The Bertz CT molecular complexity index is 4720. The van der Waals surface area contributed by atoms with Gasteiger partial charge in [-0.15, -0.1) is 0 Å². The first-order valence-corrected chi connectivity index (χ1v) is 37.8. The Balaban J connectivity index is 0. The van der Waals surface area contributed by atoms with Crippen molar-refractivity contribution in [1.29, 1.82) is 0 Å². The number of nitrogens with zero attached hydrogens (tertiary/aromatic N) is 6. The molecule has 0 saturated carbocycles. The first kappa shape index (κ1) is 110. The summed E-state index contributed by atoms with van der Waals surface area (Å²) in [6.07, 6.45) is 11.5. The van der Waals surface area contributed by atoms with Crippen LogP contribution in [0.5, 0.6) is 0 Å². The van der Waals surface area contributed by atoms with Gasteiger partial charge in [0.15, 0.2) is 0 Å².